The van der Waals surface area contributed by atoms with Crippen molar-refractivity contribution in [3.05, 3.63) is 83.2 Å². The first-order valence-corrected chi connectivity index (χ1v) is 10.6. The molecule has 0 unspecified atom stereocenters. The Morgan fingerprint density at radius 2 is 1.66 bits per heavy atom. The maximum Gasteiger partial charge on any atom is 0.303 e. The molecule has 0 spiro atoms. The SMILES string of the molecule is O=C(O)CCCCCOc1ccc2cc(-c3nc(-c4ccccc4)cc(=O)[nH]3)ccc2c1. The highest BCUT2D eigenvalue weighted by Gasteiger charge is 2.08. The second-order valence-corrected chi connectivity index (χ2v) is 7.62. The third-order valence-electron chi connectivity index (χ3n) is 5.20. The first-order chi connectivity index (χ1) is 15.6. The number of H-pyrrole nitrogens is 1. The molecule has 0 radical (unpaired) electrons. The zero-order chi connectivity index (χ0) is 22.3. The molecule has 0 aliphatic heterocycles. The van der Waals surface area contributed by atoms with Crippen LogP contribution in [0.5, 0.6) is 5.75 Å². The molecule has 4 aromatic rings. The fourth-order valence-electron chi connectivity index (χ4n) is 3.56. The third kappa shape index (κ3) is 5.40. The molecular weight excluding hydrogens is 404 g/mol. The molecule has 0 saturated carbocycles. The third-order valence-corrected chi connectivity index (χ3v) is 5.20. The number of hydrogen-bond donors (Lipinski definition) is 2. The van der Waals surface area contributed by atoms with E-state index in [2.05, 4.69) is 9.97 Å². The van der Waals surface area contributed by atoms with E-state index in [1.807, 2.05) is 66.7 Å². The molecule has 3 aromatic carbocycles. The van der Waals surface area contributed by atoms with Gasteiger partial charge in [-0.05, 0) is 48.2 Å². The summed E-state index contributed by atoms with van der Waals surface area (Å²) < 4.78 is 5.81. The number of fused-ring (bicyclic) bond motifs is 1. The molecule has 162 valence electrons. The van der Waals surface area contributed by atoms with Crippen LogP contribution in [0.15, 0.2) is 77.6 Å². The van der Waals surface area contributed by atoms with Crippen molar-refractivity contribution >= 4 is 16.7 Å². The largest absolute Gasteiger partial charge is 0.494 e. The van der Waals surface area contributed by atoms with Crippen LogP contribution in [-0.2, 0) is 4.79 Å². The Labute approximate surface area is 185 Å². The van der Waals surface area contributed by atoms with Gasteiger partial charge in [-0.25, -0.2) is 4.98 Å². The summed E-state index contributed by atoms with van der Waals surface area (Å²) in [7, 11) is 0. The van der Waals surface area contributed by atoms with Gasteiger partial charge in [-0.15, -0.1) is 0 Å². The van der Waals surface area contributed by atoms with E-state index < -0.39 is 5.97 Å². The van der Waals surface area contributed by atoms with Gasteiger partial charge in [0.05, 0.1) is 12.3 Å². The summed E-state index contributed by atoms with van der Waals surface area (Å²) in [4.78, 5) is 30.3. The van der Waals surface area contributed by atoms with Gasteiger partial charge < -0.3 is 14.8 Å². The number of aliphatic carboxylic acids is 1. The number of hydrogen-bond acceptors (Lipinski definition) is 4. The Bertz CT molecular complexity index is 1280. The van der Waals surface area contributed by atoms with E-state index in [1.165, 1.54) is 6.07 Å². The molecule has 2 N–H and O–H groups in total. The highest BCUT2D eigenvalue weighted by molar-refractivity contribution is 5.87. The number of ether oxygens (including phenoxy) is 1. The summed E-state index contributed by atoms with van der Waals surface area (Å²) in [6, 6.07) is 22.9. The Balaban J connectivity index is 1.49. The van der Waals surface area contributed by atoms with E-state index in [4.69, 9.17) is 9.84 Å². The molecule has 1 aromatic heterocycles. The van der Waals surface area contributed by atoms with E-state index >= 15 is 0 Å². The maximum absolute atomic E-state index is 12.2. The number of unbranched alkanes of at least 4 members (excludes halogenated alkanes) is 2. The fraction of sp³-hybridized carbons (Fsp3) is 0.192. The van der Waals surface area contributed by atoms with Gasteiger partial charge in [0.1, 0.15) is 11.6 Å². The van der Waals surface area contributed by atoms with E-state index in [0.717, 1.165) is 40.5 Å². The monoisotopic (exact) mass is 428 g/mol. The van der Waals surface area contributed by atoms with Crippen molar-refractivity contribution < 1.29 is 14.6 Å². The summed E-state index contributed by atoms with van der Waals surface area (Å²) in [5.41, 5.74) is 2.17. The number of carboxylic acids is 1. The lowest BCUT2D eigenvalue weighted by Crippen LogP contribution is -2.08. The number of carbonyl (C=O) groups is 1. The van der Waals surface area contributed by atoms with Crippen LogP contribution in [0.4, 0.5) is 0 Å². The molecule has 0 aliphatic carbocycles. The molecule has 0 aliphatic rings. The summed E-state index contributed by atoms with van der Waals surface area (Å²) in [5, 5.41) is 10.7. The first-order valence-electron chi connectivity index (χ1n) is 10.6. The van der Waals surface area contributed by atoms with Gasteiger partial charge in [0.25, 0.3) is 5.56 Å². The average molecular weight is 428 g/mol. The number of nitrogens with zero attached hydrogens (tertiary/aromatic N) is 1. The summed E-state index contributed by atoms with van der Waals surface area (Å²) in [5.74, 6) is 0.548. The average Bonchev–Trinajstić information content (AvgIpc) is 2.81. The van der Waals surface area contributed by atoms with Crippen LogP contribution in [0.25, 0.3) is 33.4 Å². The number of aromatic nitrogens is 2. The summed E-state index contributed by atoms with van der Waals surface area (Å²) in [6.45, 7) is 0.556. The number of aromatic amines is 1. The Morgan fingerprint density at radius 3 is 2.47 bits per heavy atom. The molecule has 6 nitrogen and oxygen atoms in total. The van der Waals surface area contributed by atoms with Crippen LogP contribution in [0.1, 0.15) is 25.7 Å². The maximum atomic E-state index is 12.2. The van der Waals surface area contributed by atoms with Crippen LogP contribution >= 0.6 is 0 Å². The van der Waals surface area contributed by atoms with E-state index in [1.54, 1.807) is 0 Å². The van der Waals surface area contributed by atoms with Crippen LogP contribution in [0, 0.1) is 0 Å². The zero-order valence-corrected chi connectivity index (χ0v) is 17.6. The Hall–Kier alpha value is -3.93. The number of rotatable bonds is 9. The lowest BCUT2D eigenvalue weighted by Gasteiger charge is -2.09. The van der Waals surface area contributed by atoms with Gasteiger partial charge in [0, 0.05) is 23.6 Å². The topological polar surface area (TPSA) is 92.3 Å². The van der Waals surface area contributed by atoms with Gasteiger partial charge in [-0.2, -0.15) is 0 Å². The first kappa shape index (κ1) is 21.3. The van der Waals surface area contributed by atoms with Crippen molar-refractivity contribution in [2.24, 2.45) is 0 Å². The molecule has 0 atom stereocenters. The van der Waals surface area contributed by atoms with Crippen molar-refractivity contribution in [3.63, 3.8) is 0 Å². The molecule has 32 heavy (non-hydrogen) atoms. The van der Waals surface area contributed by atoms with Crippen LogP contribution in [-0.4, -0.2) is 27.7 Å². The van der Waals surface area contributed by atoms with Gasteiger partial charge in [-0.3, -0.25) is 9.59 Å². The lowest BCUT2D eigenvalue weighted by atomic mass is 10.1. The van der Waals surface area contributed by atoms with Crippen molar-refractivity contribution in [2.45, 2.75) is 25.7 Å². The van der Waals surface area contributed by atoms with Crippen LogP contribution < -0.4 is 10.3 Å². The number of carboxylic acid groups (broad SMARTS) is 1. The van der Waals surface area contributed by atoms with Gasteiger partial charge in [0.15, 0.2) is 0 Å². The minimum atomic E-state index is -0.758. The highest BCUT2D eigenvalue weighted by atomic mass is 16.5. The number of benzene rings is 3. The Morgan fingerprint density at radius 1 is 0.875 bits per heavy atom. The molecule has 0 fully saturated rings. The van der Waals surface area contributed by atoms with Crippen molar-refractivity contribution in [1.29, 1.82) is 0 Å². The zero-order valence-electron chi connectivity index (χ0n) is 17.6. The second kappa shape index (κ2) is 9.92. The molecular formula is C26H24N2O4. The standard InChI is InChI=1S/C26H24N2O4/c29-24-17-23(18-7-3-1-4-8-18)27-26(28-24)21-11-10-20-16-22(13-12-19(20)15-21)32-14-6-2-5-9-25(30)31/h1,3-4,7-8,10-13,15-17H,2,5-6,9,14H2,(H,30,31)(H,27,28,29). The minimum Gasteiger partial charge on any atom is -0.494 e. The molecule has 1 heterocycles. The second-order valence-electron chi connectivity index (χ2n) is 7.62. The highest BCUT2D eigenvalue weighted by Crippen LogP contribution is 2.26. The Kier molecular flexibility index (Phi) is 6.60. The normalized spacial score (nSPS) is 10.9. The minimum absolute atomic E-state index is 0.193. The van der Waals surface area contributed by atoms with Gasteiger partial charge >= 0.3 is 5.97 Å². The van der Waals surface area contributed by atoms with Crippen LogP contribution in [0.3, 0.4) is 0 Å². The van der Waals surface area contributed by atoms with Crippen LogP contribution in [0.2, 0.25) is 0 Å². The van der Waals surface area contributed by atoms with E-state index in [-0.39, 0.29) is 12.0 Å². The summed E-state index contributed by atoms with van der Waals surface area (Å²) >= 11 is 0. The van der Waals surface area contributed by atoms with E-state index in [9.17, 15) is 9.59 Å². The predicted octanol–water partition coefficient (Wildman–Crippen LogP) is 5.28. The quantitative estimate of drug-likeness (QED) is 0.354. The van der Waals surface area contributed by atoms with Crippen molar-refractivity contribution in [2.75, 3.05) is 6.61 Å². The molecule has 4 rings (SSSR count). The van der Waals surface area contributed by atoms with Crippen molar-refractivity contribution in [3.8, 4) is 28.4 Å². The van der Waals surface area contributed by atoms with E-state index in [0.29, 0.717) is 24.5 Å². The number of nitrogens with one attached hydrogen (secondary N) is 1. The molecule has 6 heteroatoms. The van der Waals surface area contributed by atoms with Gasteiger partial charge in [0.2, 0.25) is 0 Å². The van der Waals surface area contributed by atoms with Crippen molar-refractivity contribution in [1.82, 2.24) is 9.97 Å². The van der Waals surface area contributed by atoms with Gasteiger partial charge in [-0.1, -0.05) is 48.5 Å². The fourth-order valence-corrected chi connectivity index (χ4v) is 3.56. The predicted molar refractivity (Wildman–Crippen MR) is 125 cm³/mol. The molecule has 0 amide bonds. The molecule has 0 bridgehead atoms. The smallest absolute Gasteiger partial charge is 0.303 e. The summed E-state index contributed by atoms with van der Waals surface area (Å²) in [6.07, 6.45) is 2.52. The lowest BCUT2D eigenvalue weighted by molar-refractivity contribution is -0.137. The molecule has 0 saturated heterocycles.